The van der Waals surface area contributed by atoms with Crippen LogP contribution in [0.3, 0.4) is 0 Å². The van der Waals surface area contributed by atoms with Crippen LogP contribution in [0.15, 0.2) is 18.2 Å². The van der Waals surface area contributed by atoms with Gasteiger partial charge >= 0.3 is 0 Å². The normalized spacial score (nSPS) is 9.56. The Bertz CT molecular complexity index is 432. The average Bonchev–Trinajstić information content (AvgIpc) is 2.25. The molecule has 16 heavy (non-hydrogen) atoms. The Labute approximate surface area is 95.7 Å². The number of nitrogens with zero attached hydrogens (tertiary/aromatic N) is 1. The van der Waals surface area contributed by atoms with Crippen molar-refractivity contribution in [1.82, 2.24) is 0 Å². The summed E-state index contributed by atoms with van der Waals surface area (Å²) in [5.41, 5.74) is 1.16. The molecule has 0 aliphatic rings. The van der Waals surface area contributed by atoms with Crippen molar-refractivity contribution in [3.8, 4) is 18.1 Å². The van der Waals surface area contributed by atoms with E-state index >= 15 is 0 Å². The smallest absolute Gasteiger partial charge is 0.163 e. The van der Waals surface area contributed by atoms with Gasteiger partial charge in [-0.25, -0.2) is 0 Å². The third-order valence-corrected chi connectivity index (χ3v) is 2.39. The molecule has 0 saturated carbocycles. The van der Waals surface area contributed by atoms with Gasteiger partial charge in [0, 0.05) is 18.3 Å². The molecule has 0 spiro atoms. The predicted octanol–water partition coefficient (Wildman–Crippen LogP) is 2.05. The second-order valence-corrected chi connectivity index (χ2v) is 3.48. The molecule has 1 rings (SSSR count). The van der Waals surface area contributed by atoms with Gasteiger partial charge < -0.3 is 10.0 Å². The molecule has 1 N–H and O–H groups in total. The zero-order chi connectivity index (χ0) is 12.1. The first-order valence-corrected chi connectivity index (χ1v) is 5.12. The summed E-state index contributed by atoms with van der Waals surface area (Å²) in [4.78, 5) is 13.1. The highest BCUT2D eigenvalue weighted by molar-refractivity contribution is 5.97. The number of carbonyl (C=O) groups excluding carboxylic acids is 1. The van der Waals surface area contributed by atoms with Crippen LogP contribution in [0.5, 0.6) is 5.75 Å². The highest BCUT2D eigenvalue weighted by Crippen LogP contribution is 2.24. The van der Waals surface area contributed by atoms with Crippen molar-refractivity contribution < 1.29 is 9.90 Å². The minimum absolute atomic E-state index is 0.000437. The zero-order valence-corrected chi connectivity index (χ0v) is 9.53. The number of carbonyl (C=O) groups is 1. The van der Waals surface area contributed by atoms with Crippen LogP contribution in [-0.2, 0) is 0 Å². The number of Topliss-reactive ketones (excluding diaryl/α,β-unsaturated/α-hetero) is 1. The molecule has 1 aromatic rings. The summed E-state index contributed by atoms with van der Waals surface area (Å²) in [5.74, 6) is 2.40. The van der Waals surface area contributed by atoms with Crippen molar-refractivity contribution in [3.63, 3.8) is 0 Å². The van der Waals surface area contributed by atoms with E-state index in [2.05, 4.69) is 5.92 Å². The fourth-order valence-corrected chi connectivity index (χ4v) is 1.51. The highest BCUT2D eigenvalue weighted by Gasteiger charge is 2.09. The van der Waals surface area contributed by atoms with Crippen LogP contribution in [0.2, 0.25) is 0 Å². The molecule has 0 amide bonds. The van der Waals surface area contributed by atoms with Crippen LogP contribution in [0.4, 0.5) is 5.69 Å². The Hall–Kier alpha value is -1.95. The number of rotatable bonds is 4. The van der Waals surface area contributed by atoms with Gasteiger partial charge in [0.05, 0.1) is 12.1 Å². The molecule has 0 saturated heterocycles. The Morgan fingerprint density at radius 1 is 1.56 bits per heavy atom. The number of anilines is 1. The summed E-state index contributed by atoms with van der Waals surface area (Å²) in [6, 6.07) is 4.97. The van der Waals surface area contributed by atoms with Gasteiger partial charge in [0.1, 0.15) is 5.75 Å². The van der Waals surface area contributed by atoms with E-state index in [1.54, 1.807) is 18.2 Å². The Morgan fingerprint density at radius 2 is 2.25 bits per heavy atom. The van der Waals surface area contributed by atoms with Gasteiger partial charge in [-0.3, -0.25) is 4.79 Å². The number of aromatic hydroxyl groups is 1. The fourth-order valence-electron chi connectivity index (χ4n) is 1.51. The minimum atomic E-state index is -0.149. The second-order valence-electron chi connectivity index (χ2n) is 3.48. The molecule has 84 valence electrons. The van der Waals surface area contributed by atoms with Crippen LogP contribution in [0.1, 0.15) is 24.2 Å². The summed E-state index contributed by atoms with van der Waals surface area (Å²) in [7, 11) is 0. The molecule has 0 unspecified atom stereocenters. The van der Waals surface area contributed by atoms with Gasteiger partial charge in [-0.1, -0.05) is 5.92 Å². The van der Waals surface area contributed by atoms with Crippen LogP contribution >= 0.6 is 0 Å². The molecule has 0 fully saturated rings. The standard InChI is InChI=1S/C13H15NO2/c1-4-8-14(5-2)11-6-7-12(10(3)15)13(16)9-11/h1,6-7,9,16H,5,8H2,2-3H3. The van der Waals surface area contributed by atoms with E-state index in [1.807, 2.05) is 11.8 Å². The molecule has 0 radical (unpaired) electrons. The third kappa shape index (κ3) is 2.54. The maximum atomic E-state index is 11.1. The molecular weight excluding hydrogens is 202 g/mol. The zero-order valence-electron chi connectivity index (χ0n) is 9.53. The highest BCUT2D eigenvalue weighted by atomic mass is 16.3. The van der Waals surface area contributed by atoms with Crippen molar-refractivity contribution in [2.24, 2.45) is 0 Å². The number of phenolic OH excluding ortho intramolecular Hbond substituents is 1. The predicted molar refractivity (Wildman–Crippen MR) is 64.8 cm³/mol. The lowest BCUT2D eigenvalue weighted by molar-refractivity contribution is 0.101. The molecule has 0 atom stereocenters. The van der Waals surface area contributed by atoms with Gasteiger partial charge in [0.15, 0.2) is 5.78 Å². The number of phenols is 1. The summed E-state index contributed by atoms with van der Waals surface area (Å²) in [6.07, 6.45) is 5.25. The topological polar surface area (TPSA) is 40.5 Å². The van der Waals surface area contributed by atoms with E-state index in [1.165, 1.54) is 6.92 Å². The van der Waals surface area contributed by atoms with E-state index in [0.717, 1.165) is 12.2 Å². The van der Waals surface area contributed by atoms with Crippen molar-refractivity contribution >= 4 is 11.5 Å². The third-order valence-electron chi connectivity index (χ3n) is 2.39. The summed E-state index contributed by atoms with van der Waals surface area (Å²) >= 11 is 0. The van der Waals surface area contributed by atoms with Gasteiger partial charge in [-0.2, -0.15) is 0 Å². The number of hydrogen-bond acceptors (Lipinski definition) is 3. The minimum Gasteiger partial charge on any atom is -0.507 e. The summed E-state index contributed by atoms with van der Waals surface area (Å²) < 4.78 is 0. The number of hydrogen-bond donors (Lipinski definition) is 1. The monoisotopic (exact) mass is 217 g/mol. The largest absolute Gasteiger partial charge is 0.507 e. The molecule has 0 aliphatic heterocycles. The maximum Gasteiger partial charge on any atom is 0.163 e. The Morgan fingerprint density at radius 3 is 2.69 bits per heavy atom. The number of ketones is 1. The maximum absolute atomic E-state index is 11.1. The molecule has 3 heteroatoms. The van der Waals surface area contributed by atoms with Gasteiger partial charge in [-0.05, 0) is 26.0 Å². The fraction of sp³-hybridized carbons (Fsp3) is 0.308. The number of benzene rings is 1. The van der Waals surface area contributed by atoms with Crippen LogP contribution in [0, 0.1) is 12.3 Å². The molecule has 1 aromatic carbocycles. The van der Waals surface area contributed by atoms with Gasteiger partial charge in [0.2, 0.25) is 0 Å². The van der Waals surface area contributed by atoms with Crippen molar-refractivity contribution in [3.05, 3.63) is 23.8 Å². The molecule has 0 aliphatic carbocycles. The first-order valence-electron chi connectivity index (χ1n) is 5.12. The quantitative estimate of drug-likeness (QED) is 0.620. The second kappa shape index (κ2) is 5.22. The lowest BCUT2D eigenvalue weighted by Gasteiger charge is -2.20. The van der Waals surface area contributed by atoms with Crippen LogP contribution in [0.25, 0.3) is 0 Å². The van der Waals surface area contributed by atoms with E-state index < -0.39 is 0 Å². The lowest BCUT2D eigenvalue weighted by Crippen LogP contribution is -2.22. The lowest BCUT2D eigenvalue weighted by atomic mass is 10.1. The van der Waals surface area contributed by atoms with Gasteiger partial charge in [-0.15, -0.1) is 6.42 Å². The summed E-state index contributed by atoms with van der Waals surface area (Å²) in [5, 5.41) is 9.68. The summed E-state index contributed by atoms with van der Waals surface area (Å²) in [6.45, 7) is 4.64. The van der Waals surface area contributed by atoms with E-state index in [0.29, 0.717) is 12.1 Å². The van der Waals surface area contributed by atoms with Crippen LogP contribution in [-0.4, -0.2) is 24.0 Å². The Kier molecular flexibility index (Phi) is 3.96. The van der Waals surface area contributed by atoms with Crippen molar-refractivity contribution in [1.29, 1.82) is 0 Å². The molecular formula is C13H15NO2. The molecule has 0 aromatic heterocycles. The van der Waals surface area contributed by atoms with Crippen LogP contribution < -0.4 is 4.90 Å². The van der Waals surface area contributed by atoms with E-state index in [-0.39, 0.29) is 11.5 Å². The first-order chi connectivity index (χ1) is 7.60. The molecule has 0 heterocycles. The van der Waals surface area contributed by atoms with Crippen molar-refractivity contribution in [2.75, 3.05) is 18.0 Å². The van der Waals surface area contributed by atoms with E-state index in [9.17, 15) is 9.90 Å². The van der Waals surface area contributed by atoms with E-state index in [4.69, 9.17) is 6.42 Å². The molecule has 3 nitrogen and oxygen atoms in total. The van der Waals surface area contributed by atoms with Crippen molar-refractivity contribution in [2.45, 2.75) is 13.8 Å². The Balaban J connectivity index is 3.05. The first kappa shape index (κ1) is 12.1. The average molecular weight is 217 g/mol. The number of terminal acetylenes is 1. The van der Waals surface area contributed by atoms with Gasteiger partial charge in [0.25, 0.3) is 0 Å². The molecule has 0 bridgehead atoms. The SMILES string of the molecule is C#CCN(CC)c1ccc(C(C)=O)c(O)c1.